The molecule has 1 atom stereocenters. The number of aromatic nitrogens is 4. The second kappa shape index (κ2) is 12.2. The third-order valence-electron chi connectivity index (χ3n) is 6.87. The number of carbonyl (C=O) groups is 1. The van der Waals surface area contributed by atoms with Gasteiger partial charge in [-0.1, -0.05) is 0 Å². The van der Waals surface area contributed by atoms with Gasteiger partial charge in [-0.15, -0.1) is 0 Å². The molecule has 0 bridgehead atoms. The van der Waals surface area contributed by atoms with Crippen molar-refractivity contribution in [3.8, 4) is 11.5 Å². The van der Waals surface area contributed by atoms with E-state index < -0.39 is 28.3 Å². The Morgan fingerprint density at radius 1 is 1.17 bits per heavy atom. The summed E-state index contributed by atoms with van der Waals surface area (Å²) in [6.07, 6.45) is 3.09. The lowest BCUT2D eigenvalue weighted by Crippen LogP contribution is -2.48. The van der Waals surface area contributed by atoms with Crippen molar-refractivity contribution in [3.05, 3.63) is 53.8 Å². The van der Waals surface area contributed by atoms with E-state index in [1.54, 1.807) is 29.4 Å². The first-order valence-corrected chi connectivity index (χ1v) is 14.7. The summed E-state index contributed by atoms with van der Waals surface area (Å²) < 4.78 is 47.2. The third kappa shape index (κ3) is 6.46. The van der Waals surface area contributed by atoms with Crippen LogP contribution in [0.2, 0.25) is 0 Å². The van der Waals surface area contributed by atoms with Crippen molar-refractivity contribution in [2.45, 2.75) is 0 Å². The van der Waals surface area contributed by atoms with E-state index in [9.17, 15) is 17.8 Å². The number of nitrogens with zero attached hydrogens (tertiary/aromatic N) is 7. The zero-order valence-corrected chi connectivity index (χ0v) is 23.5. The Kier molecular flexibility index (Phi) is 8.44. The molecule has 15 heteroatoms. The van der Waals surface area contributed by atoms with E-state index in [-0.39, 0.29) is 29.5 Å². The Labute approximate surface area is 237 Å². The minimum atomic E-state index is -1.09. The van der Waals surface area contributed by atoms with E-state index in [0.29, 0.717) is 62.3 Å². The number of carbonyl (C=O) groups excluding carboxylic acids is 1. The number of benzene rings is 1. The Bertz CT molecular complexity index is 1560. The van der Waals surface area contributed by atoms with Gasteiger partial charge in [-0.25, -0.2) is 8.78 Å². The molecule has 0 saturated carbocycles. The molecule has 1 aliphatic rings. The van der Waals surface area contributed by atoms with Crippen LogP contribution in [-0.2, 0) is 10.8 Å². The Balaban J connectivity index is 1.17. The van der Waals surface area contributed by atoms with E-state index in [1.807, 2.05) is 11.9 Å². The summed E-state index contributed by atoms with van der Waals surface area (Å²) in [5.41, 5.74) is 7.24. The standard InChI is InChI=1S/C26H31F2N9O3S/c1-34(26-31-23-16-20(22-4-3-12-40-22)33-37(23)25(29)32-26)6-7-35-8-10-36(11-9-35)21-14-17(18(27)15-19(21)28)24(38)30-5-13-41(2)39/h3-4,12,14-16H,5-11,13H2,1-2H3,(H,30,38)(H2,29,31,32). The van der Waals surface area contributed by atoms with Gasteiger partial charge < -0.3 is 25.3 Å². The minimum Gasteiger partial charge on any atom is -0.463 e. The number of anilines is 3. The lowest BCUT2D eigenvalue weighted by Gasteiger charge is -2.37. The minimum absolute atomic E-state index is 0.140. The van der Waals surface area contributed by atoms with Gasteiger partial charge in [0.05, 0.1) is 17.5 Å². The number of fused-ring (bicyclic) bond motifs is 1. The number of furan rings is 1. The lowest BCUT2D eigenvalue weighted by atomic mass is 10.1. The van der Waals surface area contributed by atoms with Gasteiger partial charge in [0, 0.05) is 87.8 Å². The summed E-state index contributed by atoms with van der Waals surface area (Å²) in [5, 5.41) is 6.95. The summed E-state index contributed by atoms with van der Waals surface area (Å²) in [7, 11) is 0.789. The van der Waals surface area contributed by atoms with E-state index in [4.69, 9.17) is 10.2 Å². The largest absolute Gasteiger partial charge is 0.463 e. The highest BCUT2D eigenvalue weighted by molar-refractivity contribution is 7.84. The molecule has 1 amide bonds. The molecule has 1 aromatic carbocycles. The number of piperazine rings is 1. The fraction of sp³-hybridized carbons (Fsp3) is 0.385. The van der Waals surface area contributed by atoms with Crippen LogP contribution < -0.4 is 20.9 Å². The van der Waals surface area contributed by atoms with E-state index in [2.05, 4.69) is 25.3 Å². The number of nitrogens with two attached hydrogens (primary N) is 1. The van der Waals surface area contributed by atoms with Gasteiger partial charge in [0.25, 0.3) is 5.91 Å². The molecular weight excluding hydrogens is 556 g/mol. The highest BCUT2D eigenvalue weighted by atomic mass is 32.2. The van der Waals surface area contributed by atoms with E-state index >= 15 is 0 Å². The van der Waals surface area contributed by atoms with Crippen molar-refractivity contribution >= 4 is 39.9 Å². The third-order valence-corrected chi connectivity index (χ3v) is 7.65. The molecule has 3 aromatic heterocycles. The van der Waals surface area contributed by atoms with Gasteiger partial charge >= 0.3 is 0 Å². The molecule has 218 valence electrons. The summed E-state index contributed by atoms with van der Waals surface area (Å²) in [6.45, 7) is 3.75. The average Bonchev–Trinajstić information content (AvgIpc) is 3.62. The number of hydrogen-bond donors (Lipinski definition) is 2. The number of rotatable bonds is 10. The van der Waals surface area contributed by atoms with E-state index in [0.717, 1.165) is 6.07 Å². The monoisotopic (exact) mass is 587 g/mol. The average molecular weight is 588 g/mol. The van der Waals surface area contributed by atoms with E-state index in [1.165, 1.54) is 16.8 Å². The van der Waals surface area contributed by atoms with Crippen molar-refractivity contribution < 1.29 is 22.2 Å². The SMILES string of the molecule is CN(CCN1CCN(c2cc(C(=O)NCCS(C)=O)c(F)cc2F)CC1)c1nc(N)n2nc(-c3ccco3)cc2n1. The van der Waals surface area contributed by atoms with Crippen LogP contribution in [0, 0.1) is 11.6 Å². The molecule has 41 heavy (non-hydrogen) atoms. The molecule has 0 spiro atoms. The fourth-order valence-electron chi connectivity index (χ4n) is 4.57. The first-order valence-electron chi connectivity index (χ1n) is 13.0. The van der Waals surface area contributed by atoms with Gasteiger partial charge in [-0.3, -0.25) is 13.9 Å². The molecule has 1 aliphatic heterocycles. The van der Waals surface area contributed by atoms with Crippen molar-refractivity contribution in [2.24, 2.45) is 0 Å². The molecule has 1 unspecified atom stereocenters. The van der Waals surface area contributed by atoms with Crippen LogP contribution in [0.15, 0.2) is 41.0 Å². The van der Waals surface area contributed by atoms with Crippen LogP contribution in [0.25, 0.3) is 17.1 Å². The molecule has 5 rings (SSSR count). The Morgan fingerprint density at radius 2 is 1.95 bits per heavy atom. The predicted molar refractivity (Wildman–Crippen MR) is 152 cm³/mol. The van der Waals surface area contributed by atoms with Crippen molar-refractivity contribution in [1.82, 2.24) is 29.8 Å². The molecule has 1 saturated heterocycles. The fourth-order valence-corrected chi connectivity index (χ4v) is 4.96. The van der Waals surface area contributed by atoms with Crippen molar-refractivity contribution in [2.75, 3.05) is 80.4 Å². The maximum absolute atomic E-state index is 14.7. The van der Waals surface area contributed by atoms with Gasteiger partial charge in [-0.2, -0.15) is 19.6 Å². The van der Waals surface area contributed by atoms with Crippen LogP contribution in [0.4, 0.5) is 26.4 Å². The number of halogens is 2. The van der Waals surface area contributed by atoms with Crippen LogP contribution in [0.3, 0.4) is 0 Å². The van der Waals surface area contributed by atoms with Crippen LogP contribution in [-0.4, -0.2) is 99.5 Å². The molecular formula is C26H31F2N9O3S. The summed E-state index contributed by atoms with van der Waals surface area (Å²) in [4.78, 5) is 27.4. The molecule has 4 aromatic rings. The molecule has 4 heterocycles. The highest BCUT2D eigenvalue weighted by Crippen LogP contribution is 2.25. The zero-order valence-electron chi connectivity index (χ0n) is 22.7. The van der Waals surface area contributed by atoms with Gasteiger partial charge in [0.1, 0.15) is 17.3 Å². The lowest BCUT2D eigenvalue weighted by molar-refractivity contribution is 0.0952. The zero-order chi connectivity index (χ0) is 29.1. The normalized spacial score (nSPS) is 14.9. The second-order valence-electron chi connectivity index (χ2n) is 9.73. The number of nitrogens with one attached hydrogen (secondary N) is 1. The molecule has 3 N–H and O–H groups in total. The predicted octanol–water partition coefficient (Wildman–Crippen LogP) is 1.61. The van der Waals surface area contributed by atoms with Crippen LogP contribution in [0.5, 0.6) is 0 Å². The summed E-state index contributed by atoms with van der Waals surface area (Å²) >= 11 is 0. The van der Waals surface area contributed by atoms with Gasteiger partial charge in [-0.05, 0) is 18.2 Å². The highest BCUT2D eigenvalue weighted by Gasteiger charge is 2.24. The summed E-state index contributed by atoms with van der Waals surface area (Å²) in [5.74, 6) is -0.788. The van der Waals surface area contributed by atoms with Crippen LogP contribution in [0.1, 0.15) is 10.4 Å². The first kappa shape index (κ1) is 28.4. The van der Waals surface area contributed by atoms with Gasteiger partial charge in [0.2, 0.25) is 11.9 Å². The number of likely N-dealkylation sites (N-methyl/N-ethyl adjacent to an activating group) is 1. The molecule has 1 fully saturated rings. The van der Waals surface area contributed by atoms with Crippen LogP contribution >= 0.6 is 0 Å². The second-order valence-corrected chi connectivity index (χ2v) is 11.3. The smallest absolute Gasteiger partial charge is 0.254 e. The maximum atomic E-state index is 14.7. The maximum Gasteiger partial charge on any atom is 0.254 e. The molecule has 12 nitrogen and oxygen atoms in total. The Morgan fingerprint density at radius 3 is 2.66 bits per heavy atom. The number of hydrogen-bond acceptors (Lipinski definition) is 10. The number of nitrogen functional groups attached to an aromatic ring is 1. The van der Waals surface area contributed by atoms with Crippen molar-refractivity contribution in [1.29, 1.82) is 0 Å². The Hall–Kier alpha value is -4.11. The molecule has 0 radical (unpaired) electrons. The summed E-state index contributed by atoms with van der Waals surface area (Å²) in [6, 6.07) is 7.35. The quantitative estimate of drug-likeness (QED) is 0.281. The molecule has 0 aliphatic carbocycles. The number of amides is 1. The van der Waals surface area contributed by atoms with Gasteiger partial charge in [0.15, 0.2) is 11.4 Å². The first-order chi connectivity index (χ1) is 19.7. The topological polar surface area (TPSA) is 138 Å². The van der Waals surface area contributed by atoms with Crippen molar-refractivity contribution in [3.63, 3.8) is 0 Å².